The molecule has 2 N–H and O–H groups in total. The van der Waals surface area contributed by atoms with Crippen LogP contribution < -0.4 is 19.9 Å². The summed E-state index contributed by atoms with van der Waals surface area (Å²) in [5, 5.41) is 1.06. The van der Waals surface area contributed by atoms with Crippen LogP contribution in [-0.4, -0.2) is 55.6 Å². The van der Waals surface area contributed by atoms with Crippen molar-refractivity contribution in [1.82, 2.24) is 9.88 Å². The highest BCUT2D eigenvalue weighted by Gasteiger charge is 2.29. The maximum atomic E-state index is 13.3. The molecule has 1 saturated heterocycles. The standard InChI is InChI=1S/C23H25N3O5S/c1-29-17-10-15(11-18(30-2)21(17)31-13-20(24)27)23(28)26-9-5-6-14(12-26)22-25-16-7-3-4-8-19(16)32-22/h3-4,7-8,10-11,14H,5-6,9,12-13H2,1-2H3,(H2,24,27)/t14-/m1/s1. The van der Waals surface area contributed by atoms with Crippen molar-refractivity contribution in [2.75, 3.05) is 33.9 Å². The molecule has 2 heterocycles. The van der Waals surface area contributed by atoms with Gasteiger partial charge in [-0.3, -0.25) is 9.59 Å². The predicted molar refractivity (Wildman–Crippen MR) is 122 cm³/mol. The Bertz CT molecular complexity index is 1090. The van der Waals surface area contributed by atoms with E-state index in [2.05, 4.69) is 6.07 Å². The second-order valence-electron chi connectivity index (χ2n) is 7.58. The number of carbonyl (C=O) groups excluding carboxylic acids is 2. The Hall–Kier alpha value is -3.33. The average Bonchev–Trinajstić information content (AvgIpc) is 3.26. The van der Waals surface area contributed by atoms with Crippen molar-refractivity contribution in [2.24, 2.45) is 5.73 Å². The normalized spacial score (nSPS) is 16.1. The molecule has 2 amide bonds. The number of primary amides is 1. The lowest BCUT2D eigenvalue weighted by molar-refractivity contribution is -0.120. The smallest absolute Gasteiger partial charge is 0.255 e. The molecule has 0 spiro atoms. The van der Waals surface area contributed by atoms with Gasteiger partial charge in [-0.15, -0.1) is 11.3 Å². The van der Waals surface area contributed by atoms with Gasteiger partial charge in [-0.05, 0) is 37.1 Å². The van der Waals surface area contributed by atoms with E-state index in [1.165, 1.54) is 14.2 Å². The van der Waals surface area contributed by atoms with Gasteiger partial charge in [-0.2, -0.15) is 0 Å². The first-order valence-electron chi connectivity index (χ1n) is 10.3. The molecule has 9 heteroatoms. The summed E-state index contributed by atoms with van der Waals surface area (Å²) in [5.74, 6) is 0.295. The van der Waals surface area contributed by atoms with Crippen LogP contribution in [0.2, 0.25) is 0 Å². The van der Waals surface area contributed by atoms with E-state index < -0.39 is 5.91 Å². The number of para-hydroxylation sites is 1. The Morgan fingerprint density at radius 1 is 1.19 bits per heavy atom. The second-order valence-corrected chi connectivity index (χ2v) is 8.64. The van der Waals surface area contributed by atoms with Gasteiger partial charge in [-0.1, -0.05) is 12.1 Å². The zero-order chi connectivity index (χ0) is 22.7. The Morgan fingerprint density at radius 3 is 2.56 bits per heavy atom. The molecular weight excluding hydrogens is 430 g/mol. The molecule has 1 aliphatic heterocycles. The molecular formula is C23H25N3O5S. The molecule has 0 radical (unpaired) electrons. The molecule has 0 bridgehead atoms. The first-order chi connectivity index (χ1) is 15.5. The number of rotatable bonds is 7. The molecule has 8 nitrogen and oxygen atoms in total. The summed E-state index contributed by atoms with van der Waals surface area (Å²) < 4.78 is 17.4. The fraction of sp³-hybridized carbons (Fsp3) is 0.348. The van der Waals surface area contributed by atoms with Crippen molar-refractivity contribution >= 4 is 33.4 Å². The summed E-state index contributed by atoms with van der Waals surface area (Å²) >= 11 is 1.69. The van der Waals surface area contributed by atoms with Gasteiger partial charge in [0.1, 0.15) is 0 Å². The monoisotopic (exact) mass is 455 g/mol. The van der Waals surface area contributed by atoms with E-state index in [-0.39, 0.29) is 24.2 Å². The first-order valence-corrected chi connectivity index (χ1v) is 11.1. The highest BCUT2D eigenvalue weighted by atomic mass is 32.1. The van der Waals surface area contributed by atoms with E-state index in [1.807, 2.05) is 23.1 Å². The molecule has 32 heavy (non-hydrogen) atoms. The van der Waals surface area contributed by atoms with Crippen molar-refractivity contribution in [1.29, 1.82) is 0 Å². The molecule has 1 aromatic heterocycles. The summed E-state index contributed by atoms with van der Waals surface area (Å²) in [6.07, 6.45) is 1.90. The minimum absolute atomic E-state index is 0.117. The number of likely N-dealkylation sites (tertiary alicyclic amines) is 1. The molecule has 4 rings (SSSR count). The van der Waals surface area contributed by atoms with Gasteiger partial charge in [0, 0.05) is 24.6 Å². The highest BCUT2D eigenvalue weighted by Crippen LogP contribution is 2.39. The van der Waals surface area contributed by atoms with Crippen LogP contribution in [0, 0.1) is 0 Å². The van der Waals surface area contributed by atoms with Crippen LogP contribution in [-0.2, 0) is 4.79 Å². The van der Waals surface area contributed by atoms with Crippen LogP contribution >= 0.6 is 11.3 Å². The van der Waals surface area contributed by atoms with Gasteiger partial charge < -0.3 is 24.8 Å². The third-order valence-corrected chi connectivity index (χ3v) is 6.63. The molecule has 168 valence electrons. The van der Waals surface area contributed by atoms with Crippen LogP contribution in [0.15, 0.2) is 36.4 Å². The Morgan fingerprint density at radius 2 is 1.91 bits per heavy atom. The topological polar surface area (TPSA) is 104 Å². The van der Waals surface area contributed by atoms with Crippen molar-refractivity contribution in [3.8, 4) is 17.2 Å². The summed E-state index contributed by atoms with van der Waals surface area (Å²) in [7, 11) is 2.93. The van der Waals surface area contributed by atoms with Gasteiger partial charge in [-0.25, -0.2) is 4.98 Å². The lowest BCUT2D eigenvalue weighted by atomic mass is 9.98. The van der Waals surface area contributed by atoms with E-state index in [4.69, 9.17) is 24.9 Å². The maximum absolute atomic E-state index is 13.3. The van der Waals surface area contributed by atoms with Gasteiger partial charge in [0.15, 0.2) is 18.1 Å². The van der Waals surface area contributed by atoms with E-state index in [0.717, 1.165) is 28.1 Å². The second kappa shape index (κ2) is 9.44. The number of hydrogen-bond donors (Lipinski definition) is 1. The number of methoxy groups -OCH3 is 2. The van der Waals surface area contributed by atoms with E-state index >= 15 is 0 Å². The van der Waals surface area contributed by atoms with Crippen LogP contribution in [0.5, 0.6) is 17.2 Å². The summed E-state index contributed by atoms with van der Waals surface area (Å²) in [6, 6.07) is 11.3. The van der Waals surface area contributed by atoms with Crippen molar-refractivity contribution in [3.05, 3.63) is 47.0 Å². The minimum Gasteiger partial charge on any atom is -0.493 e. The first kappa shape index (κ1) is 21.9. The number of carbonyl (C=O) groups is 2. The average molecular weight is 456 g/mol. The zero-order valence-corrected chi connectivity index (χ0v) is 18.8. The largest absolute Gasteiger partial charge is 0.493 e. The third-order valence-electron chi connectivity index (χ3n) is 5.43. The highest BCUT2D eigenvalue weighted by molar-refractivity contribution is 7.18. The Kier molecular flexibility index (Phi) is 6.45. The number of ether oxygens (including phenoxy) is 3. The minimum atomic E-state index is -0.622. The molecule has 1 aliphatic rings. The number of hydrogen-bond acceptors (Lipinski definition) is 7. The summed E-state index contributed by atoms with van der Waals surface area (Å²) in [6.45, 7) is 0.948. The third kappa shape index (κ3) is 4.47. The van der Waals surface area contributed by atoms with Crippen LogP contribution in [0.3, 0.4) is 0 Å². The fourth-order valence-electron chi connectivity index (χ4n) is 3.90. The van der Waals surface area contributed by atoms with Crippen LogP contribution in [0.1, 0.15) is 34.1 Å². The summed E-state index contributed by atoms with van der Waals surface area (Å²) in [5.41, 5.74) is 6.60. The van der Waals surface area contributed by atoms with Crippen LogP contribution in [0.4, 0.5) is 0 Å². The number of fused-ring (bicyclic) bond motifs is 1. The van der Waals surface area contributed by atoms with E-state index in [9.17, 15) is 9.59 Å². The molecule has 3 aromatic rings. The van der Waals surface area contributed by atoms with Crippen molar-refractivity contribution < 1.29 is 23.8 Å². The Balaban J connectivity index is 1.56. The lowest BCUT2D eigenvalue weighted by Crippen LogP contribution is -2.39. The number of piperidine rings is 1. The van der Waals surface area contributed by atoms with E-state index in [1.54, 1.807) is 23.5 Å². The number of aromatic nitrogens is 1. The lowest BCUT2D eigenvalue weighted by Gasteiger charge is -2.32. The van der Waals surface area contributed by atoms with Gasteiger partial charge >= 0.3 is 0 Å². The molecule has 1 atom stereocenters. The number of nitrogens with zero attached hydrogens (tertiary/aromatic N) is 2. The molecule has 2 aromatic carbocycles. The molecule has 0 unspecified atom stereocenters. The predicted octanol–water partition coefficient (Wildman–Crippen LogP) is 3.20. The van der Waals surface area contributed by atoms with Gasteiger partial charge in [0.05, 0.1) is 29.4 Å². The SMILES string of the molecule is COc1cc(C(=O)N2CCC[C@@H](c3nc4ccccc4s3)C2)cc(OC)c1OCC(N)=O. The van der Waals surface area contributed by atoms with Crippen LogP contribution in [0.25, 0.3) is 10.2 Å². The van der Waals surface area contributed by atoms with Crippen molar-refractivity contribution in [2.45, 2.75) is 18.8 Å². The van der Waals surface area contributed by atoms with Gasteiger partial charge in [0.2, 0.25) is 5.75 Å². The maximum Gasteiger partial charge on any atom is 0.255 e. The molecule has 0 aliphatic carbocycles. The number of benzene rings is 2. The zero-order valence-electron chi connectivity index (χ0n) is 18.0. The number of nitrogens with two attached hydrogens (primary N) is 1. The number of thiazole rings is 1. The summed E-state index contributed by atoms with van der Waals surface area (Å²) in [4.78, 5) is 31.1. The Labute approximate surface area is 189 Å². The molecule has 0 saturated carbocycles. The quantitative estimate of drug-likeness (QED) is 0.587. The fourth-order valence-corrected chi connectivity index (χ4v) is 4.99. The van der Waals surface area contributed by atoms with Gasteiger partial charge in [0.25, 0.3) is 11.8 Å². The van der Waals surface area contributed by atoms with E-state index in [0.29, 0.717) is 30.2 Å². The number of amides is 2. The molecule has 1 fully saturated rings. The van der Waals surface area contributed by atoms with Crippen molar-refractivity contribution in [3.63, 3.8) is 0 Å².